The SMILES string of the molecule is CC=CC(=O)Nc1ccc(-c2cc3c(cc2Cl)OC(F)(F)O3)cn1. The van der Waals surface area contributed by atoms with E-state index in [0.29, 0.717) is 16.9 Å². The summed E-state index contributed by atoms with van der Waals surface area (Å²) in [6.07, 6.45) is 0.729. The predicted octanol–water partition coefficient (Wildman–Crippen LogP) is 4.24. The van der Waals surface area contributed by atoms with E-state index in [1.165, 1.54) is 24.4 Å². The molecule has 0 atom stereocenters. The van der Waals surface area contributed by atoms with Crippen LogP contribution in [0.5, 0.6) is 11.5 Å². The molecule has 1 amide bonds. The highest BCUT2D eigenvalue weighted by Gasteiger charge is 2.43. The van der Waals surface area contributed by atoms with Gasteiger partial charge in [0.2, 0.25) is 5.91 Å². The average Bonchev–Trinajstić information content (AvgIpc) is 2.80. The molecule has 1 aliphatic rings. The Labute approximate surface area is 140 Å². The van der Waals surface area contributed by atoms with Crippen molar-refractivity contribution in [2.75, 3.05) is 5.32 Å². The van der Waals surface area contributed by atoms with Gasteiger partial charge in [0.05, 0.1) is 5.02 Å². The fraction of sp³-hybridized carbons (Fsp3) is 0.125. The van der Waals surface area contributed by atoms with Crippen LogP contribution in [-0.2, 0) is 4.79 Å². The molecule has 0 fully saturated rings. The Balaban J connectivity index is 1.87. The van der Waals surface area contributed by atoms with Gasteiger partial charge in [-0.25, -0.2) is 4.98 Å². The molecular formula is C16H11ClF2N2O3. The van der Waals surface area contributed by atoms with Crippen LogP contribution in [0.3, 0.4) is 0 Å². The summed E-state index contributed by atoms with van der Waals surface area (Å²) in [7, 11) is 0. The van der Waals surface area contributed by atoms with E-state index in [1.54, 1.807) is 25.1 Å². The Morgan fingerprint density at radius 3 is 2.62 bits per heavy atom. The number of hydrogen-bond donors (Lipinski definition) is 1. The number of alkyl halides is 2. The number of nitrogens with one attached hydrogen (secondary N) is 1. The van der Waals surface area contributed by atoms with E-state index in [4.69, 9.17) is 11.6 Å². The van der Waals surface area contributed by atoms with Gasteiger partial charge in [0.25, 0.3) is 0 Å². The van der Waals surface area contributed by atoms with Gasteiger partial charge in [-0.15, -0.1) is 8.78 Å². The van der Waals surface area contributed by atoms with Gasteiger partial charge in [-0.3, -0.25) is 4.79 Å². The second-order valence-corrected chi connectivity index (χ2v) is 5.27. The fourth-order valence-electron chi connectivity index (χ4n) is 2.14. The van der Waals surface area contributed by atoms with Gasteiger partial charge in [0.1, 0.15) is 5.82 Å². The van der Waals surface area contributed by atoms with E-state index in [2.05, 4.69) is 19.8 Å². The third-order valence-electron chi connectivity index (χ3n) is 3.13. The number of benzene rings is 1. The van der Waals surface area contributed by atoms with Gasteiger partial charge >= 0.3 is 6.29 Å². The standard InChI is InChI=1S/C16H11ClF2N2O3/c1-2-3-15(22)21-14-5-4-9(8-20-14)10-6-12-13(7-11(10)17)24-16(18,19)23-12/h2-8H,1H3,(H,20,21,22). The van der Waals surface area contributed by atoms with Crippen molar-refractivity contribution in [2.24, 2.45) is 0 Å². The van der Waals surface area contributed by atoms with Crippen LogP contribution in [0.1, 0.15) is 6.92 Å². The summed E-state index contributed by atoms with van der Waals surface area (Å²) in [4.78, 5) is 15.5. The monoisotopic (exact) mass is 352 g/mol. The molecule has 0 radical (unpaired) electrons. The molecule has 0 spiro atoms. The van der Waals surface area contributed by atoms with E-state index in [9.17, 15) is 13.6 Å². The van der Waals surface area contributed by atoms with Crippen LogP contribution in [-0.4, -0.2) is 17.2 Å². The molecule has 5 nitrogen and oxygen atoms in total. The maximum atomic E-state index is 13.1. The van der Waals surface area contributed by atoms with E-state index in [-0.39, 0.29) is 22.4 Å². The van der Waals surface area contributed by atoms with Gasteiger partial charge in [-0.1, -0.05) is 17.7 Å². The van der Waals surface area contributed by atoms with Crippen LogP contribution in [0.15, 0.2) is 42.6 Å². The van der Waals surface area contributed by atoms with E-state index < -0.39 is 6.29 Å². The van der Waals surface area contributed by atoms with E-state index in [1.807, 2.05) is 0 Å². The maximum absolute atomic E-state index is 13.1. The molecule has 2 aromatic rings. The van der Waals surface area contributed by atoms with Crippen molar-refractivity contribution in [2.45, 2.75) is 13.2 Å². The van der Waals surface area contributed by atoms with Gasteiger partial charge in [0, 0.05) is 23.4 Å². The zero-order valence-corrected chi connectivity index (χ0v) is 13.1. The molecule has 2 heterocycles. The first-order valence-corrected chi connectivity index (χ1v) is 7.25. The number of anilines is 1. The average molecular weight is 353 g/mol. The highest BCUT2D eigenvalue weighted by molar-refractivity contribution is 6.33. The number of pyridine rings is 1. The second-order valence-electron chi connectivity index (χ2n) is 4.87. The smallest absolute Gasteiger partial charge is 0.395 e. The first-order valence-electron chi connectivity index (χ1n) is 6.87. The van der Waals surface area contributed by atoms with Crippen LogP contribution < -0.4 is 14.8 Å². The van der Waals surface area contributed by atoms with E-state index >= 15 is 0 Å². The summed E-state index contributed by atoms with van der Waals surface area (Å²) in [5.74, 6) is -0.187. The number of rotatable bonds is 3. The summed E-state index contributed by atoms with van der Waals surface area (Å²) in [5.41, 5.74) is 1.03. The summed E-state index contributed by atoms with van der Waals surface area (Å²) in [6, 6.07) is 5.84. The van der Waals surface area contributed by atoms with Crippen molar-refractivity contribution in [3.63, 3.8) is 0 Å². The number of nitrogens with zero attached hydrogens (tertiary/aromatic N) is 1. The quantitative estimate of drug-likeness (QED) is 0.839. The van der Waals surface area contributed by atoms with Crippen LogP contribution in [0, 0.1) is 0 Å². The van der Waals surface area contributed by atoms with Crippen LogP contribution in [0.25, 0.3) is 11.1 Å². The number of allylic oxidation sites excluding steroid dienone is 1. The third kappa shape index (κ3) is 3.30. The van der Waals surface area contributed by atoms with Crippen molar-refractivity contribution in [1.82, 2.24) is 4.98 Å². The lowest BCUT2D eigenvalue weighted by Gasteiger charge is -2.07. The van der Waals surface area contributed by atoms with Gasteiger partial charge in [0.15, 0.2) is 11.5 Å². The Morgan fingerprint density at radius 1 is 1.29 bits per heavy atom. The summed E-state index contributed by atoms with van der Waals surface area (Å²) >= 11 is 6.11. The Morgan fingerprint density at radius 2 is 2.00 bits per heavy atom. The van der Waals surface area contributed by atoms with Gasteiger partial charge < -0.3 is 14.8 Å². The number of aromatic nitrogens is 1. The molecule has 1 aromatic carbocycles. The number of ether oxygens (including phenoxy) is 2. The predicted molar refractivity (Wildman–Crippen MR) is 84.3 cm³/mol. The number of carbonyl (C=O) groups is 1. The Kier molecular flexibility index (Phi) is 4.11. The molecule has 8 heteroatoms. The third-order valence-corrected chi connectivity index (χ3v) is 3.45. The lowest BCUT2D eigenvalue weighted by molar-refractivity contribution is -0.286. The first kappa shape index (κ1) is 16.2. The second kappa shape index (κ2) is 6.09. The van der Waals surface area contributed by atoms with Crippen molar-refractivity contribution in [1.29, 1.82) is 0 Å². The minimum Gasteiger partial charge on any atom is -0.395 e. The van der Waals surface area contributed by atoms with Crippen LogP contribution in [0.2, 0.25) is 5.02 Å². The van der Waals surface area contributed by atoms with Gasteiger partial charge in [-0.05, 0) is 31.2 Å². The first-order chi connectivity index (χ1) is 11.4. The lowest BCUT2D eigenvalue weighted by Crippen LogP contribution is -2.25. The molecule has 1 aliphatic heterocycles. The summed E-state index contributed by atoms with van der Waals surface area (Å²) in [5, 5.41) is 2.79. The number of fused-ring (bicyclic) bond motifs is 1. The van der Waals surface area contributed by atoms with Crippen molar-refractivity contribution < 1.29 is 23.0 Å². The number of amides is 1. The molecule has 0 aliphatic carbocycles. The normalized spacial score (nSPS) is 14.8. The van der Waals surface area contributed by atoms with Gasteiger partial charge in [-0.2, -0.15) is 0 Å². The fourth-order valence-corrected chi connectivity index (χ4v) is 2.40. The Hall–Kier alpha value is -2.67. The lowest BCUT2D eigenvalue weighted by atomic mass is 10.1. The van der Waals surface area contributed by atoms with Crippen LogP contribution in [0.4, 0.5) is 14.6 Å². The molecule has 0 bridgehead atoms. The minimum absolute atomic E-state index is 0.107. The number of halogens is 3. The highest BCUT2D eigenvalue weighted by Crippen LogP contribution is 2.45. The molecule has 3 rings (SSSR count). The summed E-state index contributed by atoms with van der Waals surface area (Å²) in [6.45, 7) is 1.72. The molecule has 0 unspecified atom stereocenters. The van der Waals surface area contributed by atoms with Crippen molar-refractivity contribution in [3.8, 4) is 22.6 Å². The number of carbonyl (C=O) groups excluding carboxylic acids is 1. The van der Waals surface area contributed by atoms with Crippen LogP contribution >= 0.6 is 11.6 Å². The zero-order chi connectivity index (χ0) is 17.3. The number of hydrogen-bond acceptors (Lipinski definition) is 4. The molecule has 124 valence electrons. The largest absolute Gasteiger partial charge is 0.586 e. The molecule has 0 saturated carbocycles. The molecule has 0 saturated heterocycles. The van der Waals surface area contributed by atoms with Crippen molar-refractivity contribution >= 4 is 23.3 Å². The Bertz CT molecular complexity index is 823. The highest BCUT2D eigenvalue weighted by atomic mass is 35.5. The summed E-state index contributed by atoms with van der Waals surface area (Å²) < 4.78 is 34.9. The minimum atomic E-state index is -3.70. The molecule has 24 heavy (non-hydrogen) atoms. The zero-order valence-electron chi connectivity index (χ0n) is 12.3. The maximum Gasteiger partial charge on any atom is 0.586 e. The molecule has 1 N–H and O–H groups in total. The molecule has 1 aromatic heterocycles. The van der Waals surface area contributed by atoms with E-state index in [0.717, 1.165) is 0 Å². The molecular weight excluding hydrogens is 342 g/mol. The van der Waals surface area contributed by atoms with Crippen molar-refractivity contribution in [3.05, 3.63) is 47.6 Å². The topological polar surface area (TPSA) is 60.5 Å².